The largest absolute Gasteiger partial charge is 0.271 e. The summed E-state index contributed by atoms with van der Waals surface area (Å²) in [6.45, 7) is 1.54. The molecule has 2 nitrogen and oxygen atoms in total. The summed E-state index contributed by atoms with van der Waals surface area (Å²) in [4.78, 5) is 0. The summed E-state index contributed by atoms with van der Waals surface area (Å²) in [5.74, 6) is 3.59. The first-order chi connectivity index (χ1) is 9.93. The molecule has 1 atom stereocenters. The molecular weight excluding hydrogens is 301 g/mol. The summed E-state index contributed by atoms with van der Waals surface area (Å²) in [6.07, 6.45) is 0.132. The minimum Gasteiger partial charge on any atom is -0.271 e. The van der Waals surface area contributed by atoms with Crippen LogP contribution in [0.15, 0.2) is 30.3 Å². The smallest absolute Gasteiger partial charge is 0.133 e. The van der Waals surface area contributed by atoms with Crippen LogP contribution in [-0.2, 0) is 6.42 Å². The Balaban J connectivity index is 2.39. The molecule has 0 saturated heterocycles. The second kappa shape index (κ2) is 6.47. The zero-order chi connectivity index (χ0) is 15.6. The van der Waals surface area contributed by atoms with Gasteiger partial charge < -0.3 is 0 Å². The number of nitrogens with two attached hydrogens (primary N) is 1. The maximum absolute atomic E-state index is 14.1. The normalized spacial score (nSPS) is 12.5. The third-order valence-electron chi connectivity index (χ3n) is 3.31. The number of hydrogen-bond donors (Lipinski definition) is 2. The number of aryl methyl sites for hydroxylation is 1. The van der Waals surface area contributed by atoms with Gasteiger partial charge in [-0.3, -0.25) is 11.3 Å². The highest BCUT2D eigenvalue weighted by Gasteiger charge is 2.22. The van der Waals surface area contributed by atoms with Crippen LogP contribution in [0.1, 0.15) is 22.7 Å². The Morgan fingerprint density at radius 3 is 2.52 bits per heavy atom. The highest BCUT2D eigenvalue weighted by molar-refractivity contribution is 6.31. The zero-order valence-corrected chi connectivity index (χ0v) is 12.0. The van der Waals surface area contributed by atoms with Gasteiger partial charge in [-0.15, -0.1) is 0 Å². The molecule has 2 rings (SSSR count). The Kier molecular flexibility index (Phi) is 4.88. The monoisotopic (exact) mass is 314 g/mol. The van der Waals surface area contributed by atoms with Gasteiger partial charge in [0.2, 0.25) is 0 Å². The second-order valence-electron chi connectivity index (χ2n) is 4.75. The second-order valence-corrected chi connectivity index (χ2v) is 5.16. The van der Waals surface area contributed by atoms with Crippen molar-refractivity contribution in [2.75, 3.05) is 0 Å². The standard InChI is InChI=1S/C15H14ClF3N2/c1-8-2-5-12(18)14(15(8)19)13(21-20)6-9-3-4-10(17)7-11(9)16/h2-5,7,13,21H,6,20H2,1H3. The van der Waals surface area contributed by atoms with Crippen molar-refractivity contribution in [2.45, 2.75) is 19.4 Å². The van der Waals surface area contributed by atoms with Crippen molar-refractivity contribution in [3.8, 4) is 0 Å². The molecule has 0 heterocycles. The van der Waals surface area contributed by atoms with Crippen LogP contribution in [0.2, 0.25) is 5.02 Å². The van der Waals surface area contributed by atoms with Crippen LogP contribution in [0.4, 0.5) is 13.2 Å². The van der Waals surface area contributed by atoms with Crippen molar-refractivity contribution in [1.29, 1.82) is 0 Å². The summed E-state index contributed by atoms with van der Waals surface area (Å²) in [5.41, 5.74) is 3.09. The van der Waals surface area contributed by atoms with Crippen LogP contribution in [0.5, 0.6) is 0 Å². The van der Waals surface area contributed by atoms with Crippen molar-refractivity contribution in [3.63, 3.8) is 0 Å². The van der Waals surface area contributed by atoms with Gasteiger partial charge in [-0.2, -0.15) is 0 Å². The van der Waals surface area contributed by atoms with Gasteiger partial charge in [0, 0.05) is 10.6 Å². The molecule has 0 radical (unpaired) electrons. The van der Waals surface area contributed by atoms with Crippen LogP contribution in [0.3, 0.4) is 0 Å². The van der Waals surface area contributed by atoms with Gasteiger partial charge in [0.1, 0.15) is 17.5 Å². The van der Waals surface area contributed by atoms with Crippen LogP contribution in [0.25, 0.3) is 0 Å². The molecule has 112 valence electrons. The summed E-state index contributed by atoms with van der Waals surface area (Å²) in [6, 6.07) is 5.57. The predicted octanol–water partition coefficient (Wildman–Crippen LogP) is 3.81. The Labute approximate surface area is 125 Å². The Morgan fingerprint density at radius 2 is 1.90 bits per heavy atom. The summed E-state index contributed by atoms with van der Waals surface area (Å²) in [5, 5.41) is 0.184. The highest BCUT2D eigenvalue weighted by Crippen LogP contribution is 2.28. The van der Waals surface area contributed by atoms with Crippen LogP contribution < -0.4 is 11.3 Å². The van der Waals surface area contributed by atoms with Crippen LogP contribution >= 0.6 is 11.6 Å². The van der Waals surface area contributed by atoms with Gasteiger partial charge in [-0.1, -0.05) is 23.7 Å². The van der Waals surface area contributed by atoms with Crippen molar-refractivity contribution in [2.24, 2.45) is 5.84 Å². The molecule has 0 fully saturated rings. The van der Waals surface area contributed by atoms with E-state index in [0.29, 0.717) is 11.1 Å². The van der Waals surface area contributed by atoms with Gasteiger partial charge in [0.05, 0.1) is 6.04 Å². The number of hydrazine groups is 1. The molecule has 21 heavy (non-hydrogen) atoms. The van der Waals surface area contributed by atoms with Crippen molar-refractivity contribution < 1.29 is 13.2 Å². The topological polar surface area (TPSA) is 38.0 Å². The van der Waals surface area contributed by atoms with Crippen molar-refractivity contribution >= 4 is 11.6 Å². The third kappa shape index (κ3) is 3.37. The predicted molar refractivity (Wildman–Crippen MR) is 76.3 cm³/mol. The van der Waals surface area contributed by atoms with E-state index in [9.17, 15) is 13.2 Å². The lowest BCUT2D eigenvalue weighted by Crippen LogP contribution is -2.31. The number of rotatable bonds is 4. The van der Waals surface area contributed by atoms with E-state index in [-0.39, 0.29) is 17.0 Å². The molecule has 3 N–H and O–H groups in total. The Morgan fingerprint density at radius 1 is 1.19 bits per heavy atom. The fourth-order valence-corrected chi connectivity index (χ4v) is 2.39. The third-order valence-corrected chi connectivity index (χ3v) is 3.66. The molecule has 0 aliphatic carbocycles. The number of halogens is 4. The molecule has 2 aromatic rings. The van der Waals surface area contributed by atoms with Gasteiger partial charge in [0.25, 0.3) is 0 Å². The van der Waals surface area contributed by atoms with E-state index >= 15 is 0 Å². The SMILES string of the molecule is Cc1ccc(F)c(C(Cc2ccc(F)cc2Cl)NN)c1F. The Hall–Kier alpha value is -1.56. The fourth-order valence-electron chi connectivity index (χ4n) is 2.15. The summed E-state index contributed by atoms with van der Waals surface area (Å²) >= 11 is 5.93. The highest BCUT2D eigenvalue weighted by atomic mass is 35.5. The lowest BCUT2D eigenvalue weighted by Gasteiger charge is -2.19. The number of nitrogens with one attached hydrogen (secondary N) is 1. The lowest BCUT2D eigenvalue weighted by atomic mass is 9.96. The van der Waals surface area contributed by atoms with E-state index in [1.54, 1.807) is 0 Å². The molecule has 1 unspecified atom stereocenters. The first-order valence-electron chi connectivity index (χ1n) is 6.28. The zero-order valence-electron chi connectivity index (χ0n) is 11.3. The molecule has 0 aromatic heterocycles. The average molecular weight is 315 g/mol. The van der Waals surface area contributed by atoms with Gasteiger partial charge in [-0.25, -0.2) is 13.2 Å². The van der Waals surface area contributed by atoms with E-state index < -0.39 is 23.5 Å². The molecular formula is C15H14ClF3N2. The van der Waals surface area contributed by atoms with Gasteiger partial charge in [0.15, 0.2) is 0 Å². The molecule has 0 aliphatic rings. The molecule has 0 aliphatic heterocycles. The summed E-state index contributed by atoms with van der Waals surface area (Å²) < 4.78 is 41.1. The maximum Gasteiger partial charge on any atom is 0.133 e. The molecule has 0 amide bonds. The van der Waals surface area contributed by atoms with E-state index in [0.717, 1.165) is 6.07 Å². The lowest BCUT2D eigenvalue weighted by molar-refractivity contribution is 0.470. The summed E-state index contributed by atoms with van der Waals surface area (Å²) in [7, 11) is 0. The van der Waals surface area contributed by atoms with E-state index in [1.165, 1.54) is 31.2 Å². The van der Waals surface area contributed by atoms with Gasteiger partial charge in [-0.05, 0) is 42.7 Å². The first kappa shape index (κ1) is 15.8. The number of benzene rings is 2. The molecule has 0 saturated carbocycles. The van der Waals surface area contributed by atoms with Gasteiger partial charge >= 0.3 is 0 Å². The average Bonchev–Trinajstić information content (AvgIpc) is 2.44. The molecule has 0 spiro atoms. The van der Waals surface area contributed by atoms with E-state index in [4.69, 9.17) is 17.4 Å². The van der Waals surface area contributed by atoms with Crippen molar-refractivity contribution in [1.82, 2.24) is 5.43 Å². The molecule has 0 bridgehead atoms. The van der Waals surface area contributed by atoms with Crippen molar-refractivity contribution in [3.05, 3.63) is 69.5 Å². The first-order valence-corrected chi connectivity index (χ1v) is 6.66. The fraction of sp³-hybridized carbons (Fsp3) is 0.200. The van der Waals surface area contributed by atoms with Crippen LogP contribution in [-0.4, -0.2) is 0 Å². The minimum atomic E-state index is -0.812. The maximum atomic E-state index is 14.1. The quantitative estimate of drug-likeness (QED) is 0.665. The van der Waals surface area contributed by atoms with Crippen LogP contribution in [0, 0.1) is 24.4 Å². The van der Waals surface area contributed by atoms with E-state index in [2.05, 4.69) is 5.43 Å². The number of hydrogen-bond acceptors (Lipinski definition) is 2. The molecule has 2 aromatic carbocycles. The minimum absolute atomic E-state index is 0.132. The molecule has 6 heteroatoms. The van der Waals surface area contributed by atoms with E-state index in [1.807, 2.05) is 0 Å². The Bertz CT molecular complexity index is 662.